The van der Waals surface area contributed by atoms with E-state index in [-0.39, 0.29) is 17.6 Å². The van der Waals surface area contributed by atoms with Gasteiger partial charge in [-0.25, -0.2) is 8.78 Å². The Bertz CT molecular complexity index is 657. The molecule has 158 valence electrons. The van der Waals surface area contributed by atoms with Crippen LogP contribution in [0.5, 0.6) is 0 Å². The van der Waals surface area contributed by atoms with E-state index < -0.39 is 47.6 Å². The molecule has 3 saturated carbocycles. The van der Waals surface area contributed by atoms with E-state index in [1.54, 1.807) is 0 Å². The molecule has 3 rings (SSSR count). The lowest BCUT2D eigenvalue weighted by Gasteiger charge is -2.44. The number of hydrogen-bond donors (Lipinski definition) is 3. The molecule has 0 heterocycles. The number of aliphatic hydroxyl groups is 1. The highest BCUT2D eigenvalue weighted by Crippen LogP contribution is 2.50. The van der Waals surface area contributed by atoms with Gasteiger partial charge in [-0.15, -0.1) is 0 Å². The number of halogens is 2. The highest BCUT2D eigenvalue weighted by Gasteiger charge is 2.61. The number of Topliss-reactive ketones (excluding diaryl/α,β-unsaturated/α-hetero) is 1. The van der Waals surface area contributed by atoms with Crippen molar-refractivity contribution in [1.82, 2.24) is 5.32 Å². The first kappa shape index (κ1) is 21.1. The van der Waals surface area contributed by atoms with Gasteiger partial charge in [0.25, 0.3) is 5.92 Å². The molecule has 0 aromatic carbocycles. The summed E-state index contributed by atoms with van der Waals surface area (Å²) in [5.74, 6) is -6.33. The molecule has 2 unspecified atom stereocenters. The van der Waals surface area contributed by atoms with Crippen LogP contribution < -0.4 is 11.1 Å². The van der Waals surface area contributed by atoms with Gasteiger partial charge in [0.1, 0.15) is 12.0 Å². The minimum Gasteiger partial charge on any atom is -0.383 e. The van der Waals surface area contributed by atoms with Crippen molar-refractivity contribution in [2.24, 2.45) is 22.5 Å². The van der Waals surface area contributed by atoms with Crippen LogP contribution in [0.3, 0.4) is 0 Å². The van der Waals surface area contributed by atoms with Crippen molar-refractivity contribution >= 4 is 17.6 Å². The highest BCUT2D eigenvalue weighted by molar-refractivity contribution is 5.92. The fourth-order valence-corrected chi connectivity index (χ4v) is 4.89. The Morgan fingerprint density at radius 3 is 2.14 bits per heavy atom. The van der Waals surface area contributed by atoms with Crippen molar-refractivity contribution in [3.63, 3.8) is 0 Å². The minimum atomic E-state index is -2.99. The average molecular weight is 400 g/mol. The molecular weight excluding hydrogens is 370 g/mol. The van der Waals surface area contributed by atoms with Crippen LogP contribution in [0, 0.1) is 16.7 Å². The number of alkyl halides is 2. The van der Waals surface area contributed by atoms with E-state index in [9.17, 15) is 28.3 Å². The largest absolute Gasteiger partial charge is 0.383 e. The summed E-state index contributed by atoms with van der Waals surface area (Å²) in [6.45, 7) is 2.05. The molecule has 0 aliphatic heterocycles. The Morgan fingerprint density at radius 1 is 1.14 bits per heavy atom. The van der Waals surface area contributed by atoms with Gasteiger partial charge in [0, 0.05) is 18.3 Å². The Balaban J connectivity index is 1.72. The second-order valence-corrected chi connectivity index (χ2v) is 9.46. The predicted octanol–water partition coefficient (Wildman–Crippen LogP) is 2.07. The summed E-state index contributed by atoms with van der Waals surface area (Å²) in [6.07, 6.45) is 4.09. The summed E-state index contributed by atoms with van der Waals surface area (Å²) >= 11 is 0. The summed E-state index contributed by atoms with van der Waals surface area (Å²) < 4.78 is 26.6. The van der Waals surface area contributed by atoms with Crippen LogP contribution in [0.1, 0.15) is 71.1 Å². The lowest BCUT2D eigenvalue weighted by molar-refractivity contribution is -0.144. The number of nitrogens with one attached hydrogen (secondary N) is 1. The Kier molecular flexibility index (Phi) is 5.55. The van der Waals surface area contributed by atoms with Gasteiger partial charge in [0.2, 0.25) is 11.8 Å². The normalized spacial score (nSPS) is 28.6. The third kappa shape index (κ3) is 4.21. The van der Waals surface area contributed by atoms with Crippen LogP contribution >= 0.6 is 0 Å². The zero-order valence-electron chi connectivity index (χ0n) is 16.3. The molecule has 4 N–H and O–H groups in total. The first-order chi connectivity index (χ1) is 13.0. The molecule has 0 bridgehead atoms. The molecule has 0 aromatic rings. The van der Waals surface area contributed by atoms with Crippen LogP contribution in [-0.4, -0.2) is 40.8 Å². The van der Waals surface area contributed by atoms with Crippen molar-refractivity contribution in [3.05, 3.63) is 0 Å². The van der Waals surface area contributed by atoms with E-state index in [2.05, 4.69) is 12.2 Å². The van der Waals surface area contributed by atoms with E-state index in [0.717, 1.165) is 32.1 Å². The minimum absolute atomic E-state index is 0.0841. The third-order valence-electron chi connectivity index (χ3n) is 7.08. The van der Waals surface area contributed by atoms with Crippen LogP contribution in [0.25, 0.3) is 0 Å². The van der Waals surface area contributed by atoms with Crippen molar-refractivity contribution < 1.29 is 28.3 Å². The lowest BCUT2D eigenvalue weighted by atomic mass is 9.61. The smallest absolute Gasteiger partial charge is 0.260 e. The van der Waals surface area contributed by atoms with Crippen molar-refractivity contribution in [3.8, 4) is 0 Å². The lowest BCUT2D eigenvalue weighted by Crippen LogP contribution is -2.53. The van der Waals surface area contributed by atoms with Gasteiger partial charge in [0.05, 0.1) is 6.04 Å². The second kappa shape index (κ2) is 7.35. The summed E-state index contributed by atoms with van der Waals surface area (Å²) in [7, 11) is 0. The first-order valence-corrected chi connectivity index (χ1v) is 10.2. The quantitative estimate of drug-likeness (QED) is 0.550. The number of hydrogen-bond acceptors (Lipinski definition) is 4. The molecule has 0 spiro atoms. The Hall–Kier alpha value is -1.57. The number of primary amides is 1. The summed E-state index contributed by atoms with van der Waals surface area (Å²) in [5, 5.41) is 12.8. The van der Waals surface area contributed by atoms with Gasteiger partial charge in [-0.2, -0.15) is 0 Å². The van der Waals surface area contributed by atoms with Gasteiger partial charge in [-0.1, -0.05) is 26.2 Å². The van der Waals surface area contributed by atoms with Crippen molar-refractivity contribution in [2.75, 3.05) is 0 Å². The van der Waals surface area contributed by atoms with Crippen LogP contribution in [-0.2, 0) is 14.4 Å². The van der Waals surface area contributed by atoms with E-state index in [4.69, 9.17) is 5.73 Å². The van der Waals surface area contributed by atoms with E-state index in [1.807, 2.05) is 0 Å². The SMILES string of the molecule is CC1(C[C@H](NC(=O)C2CC2(F)F)C(=O)CC2(C(O)C(N)=O)CCC2)CCCC1. The average Bonchev–Trinajstić information content (AvgIpc) is 3.00. The van der Waals surface area contributed by atoms with Gasteiger partial charge in [-0.05, 0) is 37.5 Å². The zero-order chi connectivity index (χ0) is 20.7. The molecule has 3 atom stereocenters. The van der Waals surface area contributed by atoms with Gasteiger partial charge in [-0.3, -0.25) is 14.4 Å². The van der Waals surface area contributed by atoms with Crippen LogP contribution in [0.15, 0.2) is 0 Å². The highest BCUT2D eigenvalue weighted by atomic mass is 19.3. The fourth-order valence-electron chi connectivity index (χ4n) is 4.89. The fraction of sp³-hybridized carbons (Fsp3) is 0.850. The molecule has 6 nitrogen and oxygen atoms in total. The number of amides is 2. The van der Waals surface area contributed by atoms with E-state index >= 15 is 0 Å². The standard InChI is InChI=1S/C20H30F2N2O4/c1-18(5-2-3-6-18)10-13(24-17(28)12-9-20(12,21)22)14(25)11-19(7-4-8-19)15(26)16(23)27/h12-13,15,26H,2-11H2,1H3,(H2,23,27)(H,24,28)/t12?,13-,15?/m0/s1. The molecular formula is C20H30F2N2O4. The summed E-state index contributed by atoms with van der Waals surface area (Å²) in [5.41, 5.74) is 4.21. The Labute approximate surface area is 163 Å². The molecule has 3 aliphatic rings. The van der Waals surface area contributed by atoms with E-state index in [1.165, 1.54) is 0 Å². The molecule has 0 saturated heterocycles. The summed E-state index contributed by atoms with van der Waals surface area (Å²) in [6, 6.07) is -0.885. The van der Waals surface area contributed by atoms with Gasteiger partial charge >= 0.3 is 0 Å². The van der Waals surface area contributed by atoms with Crippen molar-refractivity contribution in [1.29, 1.82) is 0 Å². The maximum atomic E-state index is 13.3. The second-order valence-electron chi connectivity index (χ2n) is 9.46. The molecule has 0 radical (unpaired) electrons. The monoisotopic (exact) mass is 400 g/mol. The van der Waals surface area contributed by atoms with Gasteiger partial charge < -0.3 is 16.2 Å². The maximum absolute atomic E-state index is 13.3. The molecule has 3 fully saturated rings. The molecule has 8 heteroatoms. The zero-order valence-corrected chi connectivity index (χ0v) is 16.3. The van der Waals surface area contributed by atoms with Gasteiger partial charge in [0.15, 0.2) is 5.78 Å². The molecule has 2 amide bonds. The van der Waals surface area contributed by atoms with Crippen molar-refractivity contribution in [2.45, 2.75) is 89.2 Å². The Morgan fingerprint density at radius 2 is 1.71 bits per heavy atom. The predicted molar refractivity (Wildman–Crippen MR) is 97.3 cm³/mol. The molecule has 3 aliphatic carbocycles. The number of nitrogens with two attached hydrogens (primary N) is 1. The van der Waals surface area contributed by atoms with E-state index in [0.29, 0.717) is 19.3 Å². The van der Waals surface area contributed by atoms with Crippen LogP contribution in [0.4, 0.5) is 8.78 Å². The maximum Gasteiger partial charge on any atom is 0.260 e. The molecule has 0 aromatic heterocycles. The number of aliphatic hydroxyl groups excluding tert-OH is 1. The number of carbonyl (C=O) groups excluding carboxylic acids is 3. The third-order valence-corrected chi connectivity index (χ3v) is 7.08. The number of ketones is 1. The first-order valence-electron chi connectivity index (χ1n) is 10.2. The number of carbonyl (C=O) groups is 3. The molecule has 28 heavy (non-hydrogen) atoms. The topological polar surface area (TPSA) is 109 Å². The van der Waals surface area contributed by atoms with Crippen LogP contribution in [0.2, 0.25) is 0 Å². The summed E-state index contributed by atoms with van der Waals surface area (Å²) in [4.78, 5) is 36.8. The number of rotatable bonds is 9.